The largest absolute Gasteiger partial charge is 0.355 e. The number of ether oxygens (including phenoxy) is 2. The van der Waals surface area contributed by atoms with Crippen molar-refractivity contribution in [2.45, 2.75) is 26.4 Å². The summed E-state index contributed by atoms with van der Waals surface area (Å²) in [6.07, 6.45) is 1.55. The topological polar surface area (TPSA) is 18.5 Å². The van der Waals surface area contributed by atoms with E-state index >= 15 is 0 Å². The Kier molecular flexibility index (Phi) is 2.49. The Bertz CT molecular complexity index is 83.0. The maximum atomic E-state index is 5.26. The van der Waals surface area contributed by atoms with Crippen molar-refractivity contribution in [1.29, 1.82) is 0 Å². The van der Waals surface area contributed by atoms with E-state index in [1.807, 2.05) is 0 Å². The van der Waals surface area contributed by atoms with Gasteiger partial charge in [-0.2, -0.15) is 0 Å². The van der Waals surface area contributed by atoms with Crippen LogP contribution in [-0.2, 0) is 9.47 Å². The second kappa shape index (κ2) is 3.18. The van der Waals surface area contributed by atoms with Crippen LogP contribution in [-0.4, -0.2) is 19.5 Å². The molecule has 1 aliphatic rings. The molecule has 0 spiro atoms. The minimum atomic E-state index is 0.392. The van der Waals surface area contributed by atoms with E-state index in [9.17, 15) is 0 Å². The summed E-state index contributed by atoms with van der Waals surface area (Å²) in [4.78, 5) is 0. The van der Waals surface area contributed by atoms with Crippen LogP contribution in [0, 0.1) is 5.92 Å². The zero-order chi connectivity index (χ0) is 6.69. The summed E-state index contributed by atoms with van der Waals surface area (Å²) in [7, 11) is 0. The van der Waals surface area contributed by atoms with Gasteiger partial charge in [-0.15, -0.1) is 0 Å². The summed E-state index contributed by atoms with van der Waals surface area (Å²) in [5.41, 5.74) is 0. The minimum Gasteiger partial charge on any atom is -0.355 e. The Morgan fingerprint density at radius 1 is 1.56 bits per heavy atom. The lowest BCUT2D eigenvalue weighted by molar-refractivity contribution is -0.163. The Morgan fingerprint density at radius 2 is 2.33 bits per heavy atom. The number of hydrogen-bond donors (Lipinski definition) is 0. The predicted octanol–water partition coefficient (Wildman–Crippen LogP) is 1.41. The second-order valence-electron chi connectivity index (χ2n) is 2.53. The van der Waals surface area contributed by atoms with Gasteiger partial charge in [0.2, 0.25) is 0 Å². The minimum absolute atomic E-state index is 0.392. The van der Waals surface area contributed by atoms with Gasteiger partial charge in [0, 0.05) is 5.92 Å². The monoisotopic (exact) mass is 130 g/mol. The van der Waals surface area contributed by atoms with E-state index in [2.05, 4.69) is 13.8 Å². The molecular formula is C7H14O2. The standard InChI is InChI=1S/C7H14O2/c1-3-7-4-8-5-9-6(7)2/h6-7H,3-5H2,1-2H3. The molecule has 2 atom stereocenters. The fraction of sp³-hybridized carbons (Fsp3) is 1.00. The summed E-state index contributed by atoms with van der Waals surface area (Å²) < 4.78 is 10.4. The maximum Gasteiger partial charge on any atom is 0.147 e. The van der Waals surface area contributed by atoms with E-state index in [-0.39, 0.29) is 0 Å². The first-order valence-corrected chi connectivity index (χ1v) is 3.54. The molecule has 1 saturated heterocycles. The first-order valence-electron chi connectivity index (χ1n) is 3.54. The smallest absolute Gasteiger partial charge is 0.147 e. The average Bonchev–Trinajstić information content (AvgIpc) is 1.89. The summed E-state index contributed by atoms with van der Waals surface area (Å²) in [6, 6.07) is 0. The van der Waals surface area contributed by atoms with Crippen LogP contribution in [0.2, 0.25) is 0 Å². The van der Waals surface area contributed by atoms with Crippen molar-refractivity contribution in [3.8, 4) is 0 Å². The predicted molar refractivity (Wildman–Crippen MR) is 35.1 cm³/mol. The van der Waals surface area contributed by atoms with Crippen LogP contribution in [0.15, 0.2) is 0 Å². The molecule has 0 radical (unpaired) electrons. The fourth-order valence-corrected chi connectivity index (χ4v) is 1.08. The molecule has 0 aromatic carbocycles. The highest BCUT2D eigenvalue weighted by atomic mass is 16.7. The SMILES string of the molecule is CCC1COCOC1C. The van der Waals surface area contributed by atoms with Gasteiger partial charge in [-0.05, 0) is 13.3 Å². The van der Waals surface area contributed by atoms with Gasteiger partial charge in [0.1, 0.15) is 6.79 Å². The second-order valence-corrected chi connectivity index (χ2v) is 2.53. The van der Waals surface area contributed by atoms with Crippen LogP contribution < -0.4 is 0 Å². The summed E-state index contributed by atoms with van der Waals surface area (Å²) in [5.74, 6) is 0.610. The molecule has 1 aliphatic heterocycles. The molecule has 2 nitrogen and oxygen atoms in total. The Morgan fingerprint density at radius 3 is 2.78 bits per heavy atom. The summed E-state index contributed by atoms with van der Waals surface area (Å²) in [6.45, 7) is 5.63. The fourth-order valence-electron chi connectivity index (χ4n) is 1.08. The quantitative estimate of drug-likeness (QED) is 0.534. The first-order chi connectivity index (χ1) is 4.34. The molecule has 0 bridgehead atoms. The van der Waals surface area contributed by atoms with E-state index in [0.29, 0.717) is 18.8 Å². The van der Waals surface area contributed by atoms with Crippen LogP contribution in [0.25, 0.3) is 0 Å². The van der Waals surface area contributed by atoms with Gasteiger partial charge in [-0.25, -0.2) is 0 Å². The van der Waals surface area contributed by atoms with E-state index in [4.69, 9.17) is 9.47 Å². The molecule has 1 fully saturated rings. The lowest BCUT2D eigenvalue weighted by Crippen LogP contribution is -2.31. The summed E-state index contributed by atoms with van der Waals surface area (Å²) in [5, 5.41) is 0. The summed E-state index contributed by atoms with van der Waals surface area (Å²) >= 11 is 0. The van der Waals surface area contributed by atoms with Crippen molar-refractivity contribution >= 4 is 0 Å². The maximum absolute atomic E-state index is 5.26. The normalized spacial score (nSPS) is 36.7. The molecule has 0 aromatic heterocycles. The highest BCUT2D eigenvalue weighted by Crippen LogP contribution is 2.16. The van der Waals surface area contributed by atoms with Gasteiger partial charge < -0.3 is 9.47 Å². The molecule has 2 unspecified atom stereocenters. The lowest BCUT2D eigenvalue weighted by Gasteiger charge is -2.27. The zero-order valence-electron chi connectivity index (χ0n) is 6.09. The molecule has 9 heavy (non-hydrogen) atoms. The van der Waals surface area contributed by atoms with Crippen molar-refractivity contribution in [3.63, 3.8) is 0 Å². The average molecular weight is 130 g/mol. The van der Waals surface area contributed by atoms with E-state index in [1.165, 1.54) is 0 Å². The van der Waals surface area contributed by atoms with Crippen LogP contribution in [0.4, 0.5) is 0 Å². The molecular weight excluding hydrogens is 116 g/mol. The molecule has 2 heteroatoms. The van der Waals surface area contributed by atoms with E-state index in [0.717, 1.165) is 13.0 Å². The van der Waals surface area contributed by atoms with Gasteiger partial charge in [-0.1, -0.05) is 6.92 Å². The van der Waals surface area contributed by atoms with Crippen LogP contribution in [0.3, 0.4) is 0 Å². The third-order valence-corrected chi connectivity index (χ3v) is 1.93. The van der Waals surface area contributed by atoms with Crippen LogP contribution in [0.5, 0.6) is 0 Å². The van der Waals surface area contributed by atoms with Crippen molar-refractivity contribution in [2.75, 3.05) is 13.4 Å². The molecule has 54 valence electrons. The Balaban J connectivity index is 2.30. The molecule has 0 amide bonds. The van der Waals surface area contributed by atoms with Gasteiger partial charge >= 0.3 is 0 Å². The highest BCUT2D eigenvalue weighted by molar-refractivity contribution is 4.65. The molecule has 1 heterocycles. The lowest BCUT2D eigenvalue weighted by atomic mass is 10.0. The van der Waals surface area contributed by atoms with Crippen LogP contribution in [0.1, 0.15) is 20.3 Å². The Labute approximate surface area is 56.2 Å². The third-order valence-electron chi connectivity index (χ3n) is 1.93. The first kappa shape index (κ1) is 7.03. The molecule has 0 saturated carbocycles. The van der Waals surface area contributed by atoms with Crippen molar-refractivity contribution in [1.82, 2.24) is 0 Å². The van der Waals surface area contributed by atoms with E-state index in [1.54, 1.807) is 0 Å². The molecule has 1 rings (SSSR count). The third kappa shape index (κ3) is 1.66. The van der Waals surface area contributed by atoms with Gasteiger partial charge in [-0.3, -0.25) is 0 Å². The highest BCUT2D eigenvalue weighted by Gasteiger charge is 2.19. The van der Waals surface area contributed by atoms with Crippen LogP contribution >= 0.6 is 0 Å². The molecule has 0 aliphatic carbocycles. The zero-order valence-corrected chi connectivity index (χ0v) is 6.09. The van der Waals surface area contributed by atoms with Gasteiger partial charge in [0.25, 0.3) is 0 Å². The van der Waals surface area contributed by atoms with Gasteiger partial charge in [0.15, 0.2) is 0 Å². The van der Waals surface area contributed by atoms with Crippen molar-refractivity contribution in [2.24, 2.45) is 5.92 Å². The van der Waals surface area contributed by atoms with Crippen molar-refractivity contribution in [3.05, 3.63) is 0 Å². The van der Waals surface area contributed by atoms with E-state index < -0.39 is 0 Å². The number of rotatable bonds is 1. The Hall–Kier alpha value is -0.0800. The number of hydrogen-bond acceptors (Lipinski definition) is 2. The molecule has 0 N–H and O–H groups in total. The van der Waals surface area contributed by atoms with Gasteiger partial charge in [0.05, 0.1) is 12.7 Å². The molecule has 0 aromatic rings. The van der Waals surface area contributed by atoms with Crippen molar-refractivity contribution < 1.29 is 9.47 Å².